The third-order valence-electron chi connectivity index (χ3n) is 2.92. The molecule has 1 N–H and O–H groups in total. The van der Waals surface area contributed by atoms with Gasteiger partial charge in [-0.2, -0.15) is 0 Å². The van der Waals surface area contributed by atoms with Gasteiger partial charge < -0.3 is 5.32 Å². The van der Waals surface area contributed by atoms with Crippen molar-refractivity contribution in [3.63, 3.8) is 0 Å². The van der Waals surface area contributed by atoms with Crippen molar-refractivity contribution in [2.75, 3.05) is 0 Å². The van der Waals surface area contributed by atoms with Gasteiger partial charge in [0.15, 0.2) is 0 Å². The average Bonchev–Trinajstić information content (AvgIpc) is 2.34. The van der Waals surface area contributed by atoms with Crippen molar-refractivity contribution in [1.29, 1.82) is 0 Å². The summed E-state index contributed by atoms with van der Waals surface area (Å²) in [6.45, 7) is 4.15. The topological polar surface area (TPSA) is 29.1 Å². The van der Waals surface area contributed by atoms with E-state index in [-0.39, 0.29) is 5.91 Å². The van der Waals surface area contributed by atoms with Crippen LogP contribution in [0.1, 0.15) is 78.1 Å². The van der Waals surface area contributed by atoms with E-state index in [0.29, 0.717) is 6.42 Å². The fourth-order valence-electron chi connectivity index (χ4n) is 1.84. The van der Waals surface area contributed by atoms with Crippen molar-refractivity contribution in [2.24, 2.45) is 0 Å². The highest BCUT2D eigenvalue weighted by Crippen LogP contribution is 2.10. The largest absolute Gasteiger partial charge is 0.333 e. The van der Waals surface area contributed by atoms with Crippen LogP contribution in [-0.2, 0) is 4.79 Å². The van der Waals surface area contributed by atoms with Crippen LogP contribution in [0.25, 0.3) is 0 Å². The summed E-state index contributed by atoms with van der Waals surface area (Å²) in [6.07, 6.45) is 15.9. The van der Waals surface area contributed by atoms with Crippen LogP contribution in [0.3, 0.4) is 0 Å². The molecule has 0 unspecified atom stereocenters. The van der Waals surface area contributed by atoms with E-state index in [4.69, 9.17) is 0 Å². The second kappa shape index (κ2) is 13.3. The molecule has 0 rings (SSSR count). The lowest BCUT2D eigenvalue weighted by Crippen LogP contribution is -2.15. The van der Waals surface area contributed by atoms with E-state index >= 15 is 0 Å². The number of unbranched alkanes of at least 4 members (excludes halogenated alkanes) is 8. The minimum Gasteiger partial charge on any atom is -0.333 e. The Hall–Kier alpha value is -0.790. The SMILES string of the molecule is CC=CNC(=O)CCCCCCCCCCC. The molecule has 0 aromatic carbocycles. The Morgan fingerprint density at radius 2 is 1.47 bits per heavy atom. The van der Waals surface area contributed by atoms with Gasteiger partial charge in [0.1, 0.15) is 0 Å². The summed E-state index contributed by atoms with van der Waals surface area (Å²) >= 11 is 0. The first-order chi connectivity index (χ1) is 8.31. The zero-order chi connectivity index (χ0) is 12.8. The smallest absolute Gasteiger partial charge is 0.223 e. The Kier molecular flexibility index (Phi) is 12.7. The summed E-state index contributed by atoms with van der Waals surface area (Å²) in [5.74, 6) is 0.144. The van der Waals surface area contributed by atoms with Crippen LogP contribution < -0.4 is 5.32 Å². The molecule has 17 heavy (non-hydrogen) atoms. The quantitative estimate of drug-likeness (QED) is 0.526. The highest BCUT2D eigenvalue weighted by atomic mass is 16.1. The van der Waals surface area contributed by atoms with Crippen molar-refractivity contribution in [3.05, 3.63) is 12.3 Å². The molecule has 0 saturated heterocycles. The maximum Gasteiger partial charge on any atom is 0.223 e. The first kappa shape index (κ1) is 16.2. The molecule has 0 saturated carbocycles. The maximum absolute atomic E-state index is 11.2. The van der Waals surface area contributed by atoms with Crippen LogP contribution in [0.5, 0.6) is 0 Å². The van der Waals surface area contributed by atoms with E-state index in [1.165, 1.54) is 51.4 Å². The summed E-state index contributed by atoms with van der Waals surface area (Å²) in [5.41, 5.74) is 0. The Labute approximate surface area is 107 Å². The van der Waals surface area contributed by atoms with Crippen LogP contribution in [0.2, 0.25) is 0 Å². The normalized spacial score (nSPS) is 10.9. The van der Waals surface area contributed by atoms with E-state index < -0.39 is 0 Å². The fourth-order valence-corrected chi connectivity index (χ4v) is 1.84. The molecule has 0 atom stereocenters. The third kappa shape index (κ3) is 13.1. The first-order valence-electron chi connectivity index (χ1n) is 7.21. The summed E-state index contributed by atoms with van der Waals surface area (Å²) < 4.78 is 0. The van der Waals surface area contributed by atoms with Crippen LogP contribution in [-0.4, -0.2) is 5.91 Å². The van der Waals surface area contributed by atoms with Gasteiger partial charge in [-0.25, -0.2) is 0 Å². The van der Waals surface area contributed by atoms with Crippen LogP contribution in [0.15, 0.2) is 12.3 Å². The molecule has 1 amide bonds. The molecule has 0 fully saturated rings. The van der Waals surface area contributed by atoms with E-state index in [9.17, 15) is 4.79 Å². The Morgan fingerprint density at radius 1 is 0.941 bits per heavy atom. The van der Waals surface area contributed by atoms with Crippen LogP contribution >= 0.6 is 0 Å². The van der Waals surface area contributed by atoms with Gasteiger partial charge in [-0.15, -0.1) is 0 Å². The predicted molar refractivity (Wildman–Crippen MR) is 74.8 cm³/mol. The molecule has 0 aromatic rings. The molecule has 0 aliphatic carbocycles. The first-order valence-corrected chi connectivity index (χ1v) is 7.21. The van der Waals surface area contributed by atoms with Crippen LogP contribution in [0.4, 0.5) is 0 Å². The van der Waals surface area contributed by atoms with Gasteiger partial charge in [0.2, 0.25) is 5.91 Å². The van der Waals surface area contributed by atoms with E-state index in [1.807, 2.05) is 13.0 Å². The number of hydrogen-bond donors (Lipinski definition) is 1. The Balaban J connectivity index is 3.10. The van der Waals surface area contributed by atoms with Gasteiger partial charge in [0.25, 0.3) is 0 Å². The zero-order valence-electron chi connectivity index (χ0n) is 11.6. The molecule has 0 heterocycles. The van der Waals surface area contributed by atoms with Crippen molar-refractivity contribution in [1.82, 2.24) is 5.32 Å². The molecule has 0 aliphatic rings. The van der Waals surface area contributed by atoms with Gasteiger partial charge in [0.05, 0.1) is 0 Å². The van der Waals surface area contributed by atoms with E-state index in [1.54, 1.807) is 6.20 Å². The molecule has 0 aliphatic heterocycles. The number of carbonyl (C=O) groups is 1. The lowest BCUT2D eigenvalue weighted by molar-refractivity contribution is -0.120. The van der Waals surface area contributed by atoms with Crippen molar-refractivity contribution in [2.45, 2.75) is 78.1 Å². The minimum absolute atomic E-state index is 0.144. The number of allylic oxidation sites excluding steroid dienone is 1. The molecule has 0 aromatic heterocycles. The molecule has 0 spiro atoms. The summed E-state index contributed by atoms with van der Waals surface area (Å²) in [6, 6.07) is 0. The van der Waals surface area contributed by atoms with Gasteiger partial charge in [-0.3, -0.25) is 4.79 Å². The van der Waals surface area contributed by atoms with Gasteiger partial charge in [-0.1, -0.05) is 64.4 Å². The maximum atomic E-state index is 11.2. The van der Waals surface area contributed by atoms with E-state index in [2.05, 4.69) is 12.2 Å². The molecular weight excluding hydrogens is 210 g/mol. The zero-order valence-corrected chi connectivity index (χ0v) is 11.6. The number of amides is 1. The molecular formula is C15H29NO. The van der Waals surface area contributed by atoms with Crippen molar-refractivity contribution < 1.29 is 4.79 Å². The predicted octanol–water partition coefficient (Wildman–Crippen LogP) is 4.56. The lowest BCUT2D eigenvalue weighted by Gasteiger charge is -2.02. The minimum atomic E-state index is 0.144. The molecule has 2 nitrogen and oxygen atoms in total. The van der Waals surface area contributed by atoms with Crippen molar-refractivity contribution >= 4 is 5.91 Å². The fraction of sp³-hybridized carbons (Fsp3) is 0.800. The summed E-state index contributed by atoms with van der Waals surface area (Å²) in [7, 11) is 0. The van der Waals surface area contributed by atoms with Crippen LogP contribution in [0, 0.1) is 0 Å². The summed E-state index contributed by atoms with van der Waals surface area (Å²) in [5, 5.41) is 2.74. The molecule has 0 radical (unpaired) electrons. The van der Waals surface area contributed by atoms with Crippen molar-refractivity contribution in [3.8, 4) is 0 Å². The third-order valence-corrected chi connectivity index (χ3v) is 2.92. The Morgan fingerprint density at radius 3 is 2.00 bits per heavy atom. The highest BCUT2D eigenvalue weighted by molar-refractivity contribution is 5.76. The standard InChI is InChI=1S/C15H29NO/c1-3-5-6-7-8-9-10-11-12-13-15(17)16-14-4-2/h4,14H,3,5-13H2,1-2H3,(H,16,17). The monoisotopic (exact) mass is 239 g/mol. The molecule has 2 heteroatoms. The molecule has 100 valence electrons. The second-order valence-electron chi connectivity index (χ2n) is 4.65. The second-order valence-corrected chi connectivity index (χ2v) is 4.65. The number of nitrogens with one attached hydrogen (secondary N) is 1. The number of carbonyl (C=O) groups excluding carboxylic acids is 1. The van der Waals surface area contributed by atoms with Gasteiger partial charge >= 0.3 is 0 Å². The summed E-state index contributed by atoms with van der Waals surface area (Å²) in [4.78, 5) is 11.2. The van der Waals surface area contributed by atoms with E-state index in [0.717, 1.165) is 6.42 Å². The molecule has 0 bridgehead atoms. The number of hydrogen-bond acceptors (Lipinski definition) is 1. The Bertz CT molecular complexity index is 199. The number of rotatable bonds is 11. The van der Waals surface area contributed by atoms with Gasteiger partial charge in [0, 0.05) is 6.42 Å². The lowest BCUT2D eigenvalue weighted by atomic mass is 10.1. The van der Waals surface area contributed by atoms with Gasteiger partial charge in [-0.05, 0) is 19.5 Å². The average molecular weight is 239 g/mol. The highest BCUT2D eigenvalue weighted by Gasteiger charge is 1.98.